The second-order valence-corrected chi connectivity index (χ2v) is 8.20. The van der Waals surface area contributed by atoms with Crippen molar-refractivity contribution in [2.24, 2.45) is 5.16 Å². The quantitative estimate of drug-likeness (QED) is 0.676. The molecule has 0 unspecified atom stereocenters. The van der Waals surface area contributed by atoms with E-state index in [9.17, 15) is 4.79 Å². The van der Waals surface area contributed by atoms with Gasteiger partial charge < -0.3 is 9.68 Å². The Morgan fingerprint density at radius 2 is 1.89 bits per heavy atom. The molecule has 2 aliphatic rings. The Labute approximate surface area is 176 Å². The number of rotatable bonds is 3. The average Bonchev–Trinajstić information content (AvgIpc) is 3.10. The van der Waals surface area contributed by atoms with Crippen LogP contribution in [0.3, 0.4) is 0 Å². The Balaban J connectivity index is 1.29. The minimum atomic E-state index is -0.506. The summed E-state index contributed by atoms with van der Waals surface area (Å²) in [5.74, 6) is 0. The number of carbonyl (C=O) groups is 1. The third kappa shape index (κ3) is 4.32. The summed E-state index contributed by atoms with van der Waals surface area (Å²) in [6.07, 6.45) is 1.70. The van der Waals surface area contributed by atoms with E-state index in [1.807, 2.05) is 42.5 Å². The van der Waals surface area contributed by atoms with E-state index < -0.39 is 6.09 Å². The second-order valence-electron chi connectivity index (χ2n) is 6.91. The van der Waals surface area contributed by atoms with E-state index in [4.69, 9.17) is 21.3 Å². The van der Waals surface area contributed by atoms with Crippen LogP contribution in [0.2, 0.25) is 5.02 Å². The molecule has 0 radical (unpaired) electrons. The number of oxime groups is 1. The maximum Gasteiger partial charge on any atom is 0.430 e. The van der Waals surface area contributed by atoms with Crippen LogP contribution in [0.4, 0.5) is 10.5 Å². The topological polar surface area (TPSA) is 63.2 Å². The molecule has 6 nitrogen and oxygen atoms in total. The lowest BCUT2D eigenvalue weighted by Gasteiger charge is -2.35. The molecule has 1 spiro atoms. The number of carbonyl (C=O) groups excluding carboxylic acids is 1. The van der Waals surface area contributed by atoms with Gasteiger partial charge in [-0.2, -0.15) is 0 Å². The van der Waals surface area contributed by atoms with E-state index in [0.29, 0.717) is 23.8 Å². The molecule has 28 heavy (non-hydrogen) atoms. The first-order chi connectivity index (χ1) is 13.5. The summed E-state index contributed by atoms with van der Waals surface area (Å²) in [7, 11) is 0. The summed E-state index contributed by atoms with van der Waals surface area (Å²) >= 11 is 9.35. The highest BCUT2D eigenvalue weighted by atomic mass is 79.9. The molecule has 0 saturated carbocycles. The fourth-order valence-corrected chi connectivity index (χ4v) is 3.89. The van der Waals surface area contributed by atoms with Crippen LogP contribution in [0, 0.1) is 0 Å². The fourth-order valence-electron chi connectivity index (χ4n) is 3.38. The van der Waals surface area contributed by atoms with Crippen LogP contribution < -0.4 is 5.32 Å². The van der Waals surface area contributed by atoms with Gasteiger partial charge in [-0.05, 0) is 45.8 Å². The van der Waals surface area contributed by atoms with Crippen LogP contribution in [-0.2, 0) is 9.68 Å². The van der Waals surface area contributed by atoms with Crippen molar-refractivity contribution in [3.8, 4) is 0 Å². The van der Waals surface area contributed by atoms with Crippen LogP contribution in [0.15, 0.2) is 58.2 Å². The van der Waals surface area contributed by atoms with Gasteiger partial charge in [0.2, 0.25) is 0 Å². The molecule has 0 aliphatic carbocycles. The Bertz CT molecular complexity index is 896. The summed E-state index contributed by atoms with van der Waals surface area (Å²) < 4.78 is 0.802. The first-order valence-corrected chi connectivity index (χ1v) is 10.2. The molecule has 0 atom stereocenters. The van der Waals surface area contributed by atoms with Gasteiger partial charge in [0.15, 0.2) is 0 Å². The van der Waals surface area contributed by atoms with Crippen molar-refractivity contribution in [1.29, 1.82) is 0 Å². The minimum Gasteiger partial charge on any atom is -0.388 e. The molecule has 1 N–H and O–H groups in total. The van der Waals surface area contributed by atoms with Crippen molar-refractivity contribution in [2.75, 3.05) is 18.4 Å². The molecular weight excluding hydrogens is 446 g/mol. The van der Waals surface area contributed by atoms with Crippen molar-refractivity contribution in [2.45, 2.75) is 24.9 Å². The first kappa shape index (κ1) is 19.2. The van der Waals surface area contributed by atoms with Crippen molar-refractivity contribution in [3.05, 3.63) is 63.6 Å². The third-order valence-electron chi connectivity index (χ3n) is 4.97. The van der Waals surface area contributed by atoms with E-state index in [1.54, 1.807) is 11.1 Å². The number of nitrogens with zero attached hydrogens (tertiary/aromatic N) is 2. The highest BCUT2D eigenvalue weighted by Crippen LogP contribution is 2.36. The number of hydrogen-bond donors (Lipinski definition) is 1. The molecule has 0 aromatic heterocycles. The number of halogens is 2. The molecule has 1 saturated heterocycles. The summed E-state index contributed by atoms with van der Waals surface area (Å²) in [5.41, 5.74) is 2.29. The molecule has 1 amide bonds. The smallest absolute Gasteiger partial charge is 0.388 e. The predicted molar refractivity (Wildman–Crippen MR) is 111 cm³/mol. The van der Waals surface area contributed by atoms with Crippen molar-refractivity contribution in [1.82, 2.24) is 5.06 Å². The normalized spacial score (nSPS) is 18.4. The molecule has 2 heterocycles. The standard InChI is InChI=1S/C20H19BrClN3O3/c21-16-3-1-2-4-17(16)23-19(26)27-25-11-9-20(10-12-25)13-18(24-28-20)14-5-7-15(22)8-6-14/h1-8H,9-13H2,(H,23,26). The van der Waals surface area contributed by atoms with E-state index >= 15 is 0 Å². The number of piperidine rings is 1. The average molecular weight is 465 g/mol. The monoisotopic (exact) mass is 463 g/mol. The first-order valence-electron chi connectivity index (χ1n) is 9.02. The van der Waals surface area contributed by atoms with E-state index in [0.717, 1.165) is 35.0 Å². The zero-order valence-corrected chi connectivity index (χ0v) is 17.4. The summed E-state index contributed by atoms with van der Waals surface area (Å²) in [4.78, 5) is 23.4. The molecular formula is C20H19BrClN3O3. The molecule has 4 rings (SSSR count). The van der Waals surface area contributed by atoms with Gasteiger partial charge in [-0.1, -0.05) is 41.0 Å². The van der Waals surface area contributed by atoms with Crippen molar-refractivity contribution in [3.63, 3.8) is 0 Å². The van der Waals surface area contributed by atoms with Gasteiger partial charge in [0.05, 0.1) is 11.4 Å². The zero-order valence-electron chi connectivity index (χ0n) is 15.0. The van der Waals surface area contributed by atoms with Crippen LogP contribution in [0.5, 0.6) is 0 Å². The Morgan fingerprint density at radius 3 is 2.61 bits per heavy atom. The van der Waals surface area contributed by atoms with Gasteiger partial charge in [-0.25, -0.2) is 4.79 Å². The molecule has 2 aromatic rings. The molecule has 2 aromatic carbocycles. The lowest BCUT2D eigenvalue weighted by atomic mass is 9.86. The molecule has 146 valence electrons. The largest absolute Gasteiger partial charge is 0.430 e. The van der Waals surface area contributed by atoms with Gasteiger partial charge in [-0.3, -0.25) is 5.32 Å². The van der Waals surface area contributed by atoms with Crippen LogP contribution in [0.1, 0.15) is 24.8 Å². The fraction of sp³-hybridized carbons (Fsp3) is 0.300. The summed E-state index contributed by atoms with van der Waals surface area (Å²) in [6.45, 7) is 1.18. The summed E-state index contributed by atoms with van der Waals surface area (Å²) in [5, 5.41) is 9.40. The molecule has 0 bridgehead atoms. The highest BCUT2D eigenvalue weighted by molar-refractivity contribution is 9.10. The Morgan fingerprint density at radius 1 is 1.18 bits per heavy atom. The SMILES string of the molecule is O=C(Nc1ccccc1Br)ON1CCC2(CC1)CC(c1ccc(Cl)cc1)=NO2. The van der Waals surface area contributed by atoms with Gasteiger partial charge in [0.25, 0.3) is 0 Å². The van der Waals surface area contributed by atoms with Gasteiger partial charge in [0.1, 0.15) is 5.60 Å². The van der Waals surface area contributed by atoms with Crippen molar-refractivity contribution >= 4 is 45.0 Å². The van der Waals surface area contributed by atoms with Crippen LogP contribution in [0.25, 0.3) is 0 Å². The zero-order chi connectivity index (χ0) is 19.6. The predicted octanol–water partition coefficient (Wildman–Crippen LogP) is 5.23. The maximum atomic E-state index is 12.1. The number of benzene rings is 2. The van der Waals surface area contributed by atoms with Crippen LogP contribution in [-0.4, -0.2) is 35.6 Å². The Kier molecular flexibility index (Phi) is 5.57. The Hall–Kier alpha value is -2.09. The molecule has 1 fully saturated rings. The maximum absolute atomic E-state index is 12.1. The number of hydroxylamine groups is 2. The van der Waals surface area contributed by atoms with E-state index in [-0.39, 0.29) is 5.60 Å². The van der Waals surface area contributed by atoms with Gasteiger partial charge in [0, 0.05) is 41.8 Å². The van der Waals surface area contributed by atoms with E-state index in [1.165, 1.54) is 0 Å². The lowest BCUT2D eigenvalue weighted by Crippen LogP contribution is -2.45. The lowest BCUT2D eigenvalue weighted by molar-refractivity contribution is -0.154. The molecule has 8 heteroatoms. The van der Waals surface area contributed by atoms with Crippen LogP contribution >= 0.6 is 27.5 Å². The third-order valence-corrected chi connectivity index (χ3v) is 5.92. The number of nitrogens with one attached hydrogen (secondary N) is 1. The molecule has 2 aliphatic heterocycles. The number of anilines is 1. The minimum absolute atomic E-state index is 0.326. The van der Waals surface area contributed by atoms with Gasteiger partial charge >= 0.3 is 6.09 Å². The van der Waals surface area contributed by atoms with Gasteiger partial charge in [-0.15, -0.1) is 5.06 Å². The summed E-state index contributed by atoms with van der Waals surface area (Å²) in [6, 6.07) is 15.0. The van der Waals surface area contributed by atoms with Crippen molar-refractivity contribution < 1.29 is 14.5 Å². The number of hydrogen-bond acceptors (Lipinski definition) is 5. The van der Waals surface area contributed by atoms with E-state index in [2.05, 4.69) is 26.4 Å². The highest BCUT2D eigenvalue weighted by Gasteiger charge is 2.43. The second kappa shape index (κ2) is 8.11. The number of para-hydroxylation sites is 1. The number of amides is 1.